The number of nitrogens with zero attached hydrogens (tertiary/aromatic N) is 1. The van der Waals surface area contributed by atoms with Crippen molar-refractivity contribution in [1.29, 1.82) is 0 Å². The molecule has 3 nitrogen and oxygen atoms in total. The van der Waals surface area contributed by atoms with Gasteiger partial charge in [-0.1, -0.05) is 32.6 Å². The van der Waals surface area contributed by atoms with Crippen LogP contribution in [0.3, 0.4) is 0 Å². The minimum absolute atomic E-state index is 0. The Hall–Kier alpha value is 0.542. The maximum absolute atomic E-state index is 5.12. The van der Waals surface area contributed by atoms with Crippen molar-refractivity contribution < 1.29 is 25.2 Å². The molecule has 0 saturated carbocycles. The summed E-state index contributed by atoms with van der Waals surface area (Å²) in [5.74, 6) is 0.775. The molecule has 1 N–H and O–H groups in total. The van der Waals surface area contributed by atoms with Crippen molar-refractivity contribution in [3.8, 4) is 0 Å². The van der Waals surface area contributed by atoms with E-state index in [1.165, 1.54) is 12.8 Å². The third-order valence-electron chi connectivity index (χ3n) is 2.90. The summed E-state index contributed by atoms with van der Waals surface area (Å²) >= 11 is 0. The summed E-state index contributed by atoms with van der Waals surface area (Å²) in [7, 11) is 0. The van der Waals surface area contributed by atoms with Gasteiger partial charge in [0.05, 0.1) is 13.2 Å². The average molecular weight is 400 g/mol. The second kappa shape index (κ2) is 9.56. The van der Waals surface area contributed by atoms with Gasteiger partial charge in [0.25, 0.3) is 0 Å². The molecule has 2 heterocycles. The van der Waals surface area contributed by atoms with Gasteiger partial charge in [-0.2, -0.15) is 0 Å². The quantitative estimate of drug-likeness (QED) is 0.734. The molecule has 2 aliphatic rings. The zero-order chi connectivity index (χ0) is 11.1. The van der Waals surface area contributed by atoms with E-state index in [4.69, 9.17) is 4.74 Å². The summed E-state index contributed by atoms with van der Waals surface area (Å²) in [6.45, 7) is 10.5. The zero-order valence-corrected chi connectivity index (χ0v) is 13.4. The third kappa shape index (κ3) is 6.98. The van der Waals surface area contributed by atoms with Crippen LogP contribution in [0, 0.1) is 5.92 Å². The van der Waals surface area contributed by atoms with E-state index in [0.717, 1.165) is 32.2 Å². The van der Waals surface area contributed by atoms with Crippen LogP contribution >= 0.6 is 0 Å². The van der Waals surface area contributed by atoms with E-state index < -0.39 is 0 Å². The molecule has 16 heavy (non-hydrogen) atoms. The van der Waals surface area contributed by atoms with Crippen LogP contribution in [0.2, 0.25) is 0 Å². The standard InChI is InChI=1S/C7H14N.C5H11NO.Re/c1-6(2)7-4-3-5-8-7;1-5-4-7-3-2-6-5;/h6-7H,3-5H2,1-2H3;5-6H,2-4H2,1H3;/q-1;;. The minimum Gasteiger partial charge on any atom is -0.659 e. The van der Waals surface area contributed by atoms with Crippen LogP contribution in [-0.2, 0) is 25.2 Å². The minimum atomic E-state index is 0. The Morgan fingerprint density at radius 3 is 2.38 bits per heavy atom. The molecule has 0 aromatic rings. The SMILES string of the molecule is CC(C)C1CCC[N-]1.CC1COCCN1.[Re]. The Kier molecular flexibility index (Phi) is 9.88. The molecule has 4 heteroatoms. The van der Waals surface area contributed by atoms with E-state index in [1.807, 2.05) is 0 Å². The molecular weight excluding hydrogens is 374 g/mol. The second-order valence-electron chi connectivity index (χ2n) is 4.79. The van der Waals surface area contributed by atoms with Gasteiger partial charge in [0, 0.05) is 33.0 Å². The maximum Gasteiger partial charge on any atom is 0.0617 e. The van der Waals surface area contributed by atoms with Crippen molar-refractivity contribution >= 4 is 0 Å². The summed E-state index contributed by atoms with van der Waals surface area (Å²) in [5.41, 5.74) is 0. The van der Waals surface area contributed by atoms with Gasteiger partial charge >= 0.3 is 0 Å². The first-order valence-corrected chi connectivity index (χ1v) is 6.18. The number of morpholine rings is 1. The Labute approximate surface area is 114 Å². The third-order valence-corrected chi connectivity index (χ3v) is 2.90. The topological polar surface area (TPSA) is 35.4 Å². The van der Waals surface area contributed by atoms with Crippen molar-refractivity contribution in [3.63, 3.8) is 0 Å². The van der Waals surface area contributed by atoms with E-state index in [2.05, 4.69) is 31.4 Å². The molecular formula is C12H25N2ORe-. The Morgan fingerprint density at radius 2 is 2.12 bits per heavy atom. The summed E-state index contributed by atoms with van der Waals surface area (Å²) in [5, 5.41) is 7.69. The fourth-order valence-corrected chi connectivity index (χ4v) is 1.89. The van der Waals surface area contributed by atoms with Crippen LogP contribution in [0.5, 0.6) is 0 Å². The number of nitrogens with one attached hydrogen (secondary N) is 1. The number of ether oxygens (including phenoxy) is 1. The van der Waals surface area contributed by atoms with Crippen molar-refractivity contribution in [2.24, 2.45) is 5.92 Å². The van der Waals surface area contributed by atoms with Crippen molar-refractivity contribution in [2.75, 3.05) is 26.3 Å². The van der Waals surface area contributed by atoms with Crippen molar-refractivity contribution in [1.82, 2.24) is 5.32 Å². The van der Waals surface area contributed by atoms with E-state index in [-0.39, 0.29) is 20.4 Å². The molecule has 97 valence electrons. The molecule has 2 saturated heterocycles. The van der Waals surface area contributed by atoms with Crippen LogP contribution in [0.4, 0.5) is 0 Å². The molecule has 0 aromatic carbocycles. The summed E-state index contributed by atoms with van der Waals surface area (Å²) in [6, 6.07) is 1.25. The Morgan fingerprint density at radius 1 is 1.38 bits per heavy atom. The van der Waals surface area contributed by atoms with Crippen LogP contribution in [0.25, 0.3) is 5.32 Å². The molecule has 0 aromatic heterocycles. The first-order valence-electron chi connectivity index (χ1n) is 6.18. The molecule has 0 bridgehead atoms. The second-order valence-corrected chi connectivity index (χ2v) is 4.79. The molecule has 0 amide bonds. The zero-order valence-electron chi connectivity index (χ0n) is 10.7. The van der Waals surface area contributed by atoms with E-state index in [1.54, 1.807) is 0 Å². The fourth-order valence-electron chi connectivity index (χ4n) is 1.89. The van der Waals surface area contributed by atoms with Crippen LogP contribution in [-0.4, -0.2) is 38.4 Å². The van der Waals surface area contributed by atoms with Gasteiger partial charge in [0.15, 0.2) is 0 Å². The summed E-state index contributed by atoms with van der Waals surface area (Å²) in [6.07, 6.45) is 2.65. The number of hydrogen-bond donors (Lipinski definition) is 1. The van der Waals surface area contributed by atoms with Gasteiger partial charge in [0.2, 0.25) is 0 Å². The molecule has 0 spiro atoms. The number of hydrogen-bond acceptors (Lipinski definition) is 2. The van der Waals surface area contributed by atoms with Gasteiger partial charge in [0.1, 0.15) is 0 Å². The summed E-state index contributed by atoms with van der Waals surface area (Å²) < 4.78 is 5.12. The molecule has 2 rings (SSSR count). The molecule has 2 aliphatic heterocycles. The molecule has 1 radical (unpaired) electrons. The predicted octanol–water partition coefficient (Wildman–Crippen LogP) is 2.17. The maximum atomic E-state index is 5.12. The number of rotatable bonds is 1. The smallest absolute Gasteiger partial charge is 0.0617 e. The van der Waals surface area contributed by atoms with Gasteiger partial charge in [-0.15, -0.1) is 12.6 Å². The van der Waals surface area contributed by atoms with Gasteiger partial charge in [-0.3, -0.25) is 0 Å². The fraction of sp³-hybridized carbons (Fsp3) is 1.00. The molecule has 2 atom stereocenters. The summed E-state index contributed by atoms with van der Waals surface area (Å²) in [4.78, 5) is 0. The van der Waals surface area contributed by atoms with E-state index in [0.29, 0.717) is 12.1 Å². The van der Waals surface area contributed by atoms with Crippen LogP contribution in [0.1, 0.15) is 33.6 Å². The molecule has 0 aliphatic carbocycles. The van der Waals surface area contributed by atoms with E-state index in [9.17, 15) is 0 Å². The van der Waals surface area contributed by atoms with Gasteiger partial charge < -0.3 is 15.4 Å². The average Bonchev–Trinajstić information content (AvgIpc) is 2.72. The van der Waals surface area contributed by atoms with E-state index >= 15 is 0 Å². The first-order chi connectivity index (χ1) is 7.20. The molecule has 2 unspecified atom stereocenters. The molecule has 2 fully saturated rings. The predicted molar refractivity (Wildman–Crippen MR) is 64.4 cm³/mol. The monoisotopic (exact) mass is 400 g/mol. The Bertz CT molecular complexity index is 155. The first kappa shape index (κ1) is 16.5. The van der Waals surface area contributed by atoms with Gasteiger partial charge in [-0.25, -0.2) is 0 Å². The van der Waals surface area contributed by atoms with Crippen LogP contribution < -0.4 is 5.32 Å². The van der Waals surface area contributed by atoms with Gasteiger partial charge in [-0.05, 0) is 6.92 Å². The Balaban J connectivity index is 0.000000267. The normalized spacial score (nSPS) is 29.2. The van der Waals surface area contributed by atoms with Crippen LogP contribution in [0.15, 0.2) is 0 Å². The van der Waals surface area contributed by atoms with Crippen molar-refractivity contribution in [3.05, 3.63) is 5.32 Å². The largest absolute Gasteiger partial charge is 0.659 e. The van der Waals surface area contributed by atoms with Crippen molar-refractivity contribution in [2.45, 2.75) is 45.7 Å².